The monoisotopic (exact) mass is 244 g/mol. The third kappa shape index (κ3) is 4.07. The minimum Gasteiger partial charge on any atom is -0.0391 e. The van der Waals surface area contributed by atoms with Crippen molar-refractivity contribution in [3.8, 4) is 0 Å². The molecule has 0 amide bonds. The van der Waals surface area contributed by atoms with E-state index < -0.39 is 0 Å². The molecule has 86 valence electrons. The van der Waals surface area contributed by atoms with Crippen molar-refractivity contribution in [1.82, 2.24) is 0 Å². The second kappa shape index (κ2) is 6.24. The average molecular weight is 244 g/mol. The predicted molar refractivity (Wildman–Crippen MR) is 76.2 cm³/mol. The lowest BCUT2D eigenvalue weighted by Gasteiger charge is -2.01. The molecule has 0 N–H and O–H groups in total. The molecule has 0 nitrogen and oxygen atoms in total. The van der Waals surface area contributed by atoms with Gasteiger partial charge in [-0.25, -0.2) is 0 Å². The van der Waals surface area contributed by atoms with Crippen LogP contribution < -0.4 is 0 Å². The van der Waals surface area contributed by atoms with Gasteiger partial charge in [-0.1, -0.05) is 0 Å². The Morgan fingerprint density at radius 3 is 2.07 bits per heavy atom. The third-order valence-corrected chi connectivity index (χ3v) is 8.30. The molecule has 0 atom stereocenters. The van der Waals surface area contributed by atoms with Gasteiger partial charge in [0.2, 0.25) is 0 Å². The molecule has 2 heterocycles. The van der Waals surface area contributed by atoms with Crippen LogP contribution in [0.5, 0.6) is 0 Å². The van der Waals surface area contributed by atoms with Crippen LogP contribution in [0.4, 0.5) is 0 Å². The number of hydrogen-bond donors (Lipinski definition) is 0. The van der Waals surface area contributed by atoms with E-state index in [1.54, 1.807) is 5.57 Å². The van der Waals surface area contributed by atoms with Gasteiger partial charge in [0.25, 0.3) is 0 Å². The summed E-state index contributed by atoms with van der Waals surface area (Å²) in [6.07, 6.45) is 8.57. The second-order valence-corrected chi connectivity index (χ2v) is 9.52. The van der Waals surface area contributed by atoms with Crippen LogP contribution in [-0.2, 0) is 21.8 Å². The lowest BCUT2D eigenvalue weighted by Crippen LogP contribution is -2.12. The van der Waals surface area contributed by atoms with E-state index >= 15 is 0 Å². The topological polar surface area (TPSA) is 0 Å². The first-order chi connectivity index (χ1) is 7.34. The molecule has 0 spiro atoms. The van der Waals surface area contributed by atoms with E-state index in [2.05, 4.69) is 13.0 Å². The zero-order chi connectivity index (χ0) is 10.5. The van der Waals surface area contributed by atoms with E-state index in [0.717, 1.165) is 21.8 Å². The molecule has 2 fully saturated rings. The van der Waals surface area contributed by atoms with Crippen molar-refractivity contribution >= 4 is 21.8 Å². The zero-order valence-electron chi connectivity index (χ0n) is 9.96. The van der Waals surface area contributed by atoms with Crippen molar-refractivity contribution in [2.24, 2.45) is 0 Å². The Labute approximate surface area is 101 Å². The van der Waals surface area contributed by atoms with Crippen LogP contribution in [0.2, 0.25) is 0 Å². The van der Waals surface area contributed by atoms with Gasteiger partial charge in [-0.3, -0.25) is 0 Å². The maximum absolute atomic E-state index is 2.57. The maximum atomic E-state index is 2.57. The van der Waals surface area contributed by atoms with Crippen LogP contribution in [0, 0.1) is 0 Å². The summed E-state index contributed by atoms with van der Waals surface area (Å²) < 4.78 is 0. The molecule has 2 saturated heterocycles. The van der Waals surface area contributed by atoms with Gasteiger partial charge in [0.05, 0.1) is 0 Å². The Morgan fingerprint density at radius 2 is 1.47 bits per heavy atom. The average Bonchev–Trinajstić information content (AvgIpc) is 2.86. The molecule has 0 bridgehead atoms. The van der Waals surface area contributed by atoms with Crippen molar-refractivity contribution in [1.29, 1.82) is 0 Å². The molecule has 2 aliphatic heterocycles. The Hall–Kier alpha value is 0.440. The Balaban J connectivity index is 1.68. The molecule has 15 heavy (non-hydrogen) atoms. The van der Waals surface area contributed by atoms with Crippen LogP contribution in [0.25, 0.3) is 0 Å². The van der Waals surface area contributed by atoms with Crippen LogP contribution in [0.1, 0.15) is 32.6 Å². The summed E-state index contributed by atoms with van der Waals surface area (Å²) >= 11 is 0. The van der Waals surface area contributed by atoms with Crippen LogP contribution in [-0.4, -0.2) is 34.5 Å². The molecule has 0 radical (unpaired) electrons. The summed E-state index contributed by atoms with van der Waals surface area (Å²) in [5, 5.41) is 0. The molecular weight excluding hydrogens is 220 g/mol. The normalized spacial score (nSPS) is 25.3. The van der Waals surface area contributed by atoms with Gasteiger partial charge in [0, 0.05) is 0 Å². The Morgan fingerprint density at radius 1 is 0.933 bits per heavy atom. The van der Waals surface area contributed by atoms with Crippen molar-refractivity contribution in [2.45, 2.75) is 32.6 Å². The molecular formula is C13H24S2+2. The highest BCUT2D eigenvalue weighted by molar-refractivity contribution is 7.97. The van der Waals surface area contributed by atoms with Gasteiger partial charge in [-0.05, 0) is 66.0 Å². The summed E-state index contributed by atoms with van der Waals surface area (Å²) in [4.78, 5) is 0. The van der Waals surface area contributed by atoms with Crippen LogP contribution >= 0.6 is 0 Å². The van der Waals surface area contributed by atoms with E-state index in [4.69, 9.17) is 0 Å². The highest BCUT2D eigenvalue weighted by atomic mass is 32.2. The largest absolute Gasteiger partial charge is 0.129 e. The van der Waals surface area contributed by atoms with E-state index in [-0.39, 0.29) is 0 Å². The summed E-state index contributed by atoms with van der Waals surface area (Å²) in [7, 11) is 1.55. The minimum absolute atomic E-state index is 0.774. The van der Waals surface area contributed by atoms with E-state index in [0.29, 0.717) is 0 Å². The van der Waals surface area contributed by atoms with Gasteiger partial charge in [0.15, 0.2) is 0 Å². The smallest absolute Gasteiger partial charge is 0.0391 e. The van der Waals surface area contributed by atoms with E-state index in [9.17, 15) is 0 Å². The van der Waals surface area contributed by atoms with Gasteiger partial charge >= 0.3 is 0 Å². The molecule has 2 aliphatic rings. The van der Waals surface area contributed by atoms with Crippen molar-refractivity contribution in [3.63, 3.8) is 0 Å². The van der Waals surface area contributed by atoms with Gasteiger partial charge in [-0.2, -0.15) is 0 Å². The predicted octanol–water partition coefficient (Wildman–Crippen LogP) is 2.76. The van der Waals surface area contributed by atoms with Gasteiger partial charge in [-0.15, -0.1) is 0 Å². The molecule has 0 aromatic carbocycles. The fourth-order valence-electron chi connectivity index (χ4n) is 2.38. The summed E-state index contributed by atoms with van der Waals surface area (Å²) in [5.74, 6) is 8.93. The summed E-state index contributed by atoms with van der Waals surface area (Å²) in [6, 6.07) is 0. The summed E-state index contributed by atoms with van der Waals surface area (Å²) in [6.45, 7) is 2.37. The first-order valence-electron chi connectivity index (χ1n) is 6.28. The number of hydrogen-bond acceptors (Lipinski definition) is 0. The Bertz CT molecular complexity index is 211. The van der Waals surface area contributed by atoms with Crippen molar-refractivity contribution in [2.75, 3.05) is 34.5 Å². The molecule has 0 saturated carbocycles. The molecule has 0 aromatic rings. The summed E-state index contributed by atoms with van der Waals surface area (Å²) in [5.41, 5.74) is 1.69. The standard InChI is InChI=1S/C13H24S2/c1-13(12-15-9-4-5-10-15)6-11-14-7-2-3-8-14/h6H,2-5,7-12H2,1H3/q+2/b13-6+. The highest BCUT2D eigenvalue weighted by Gasteiger charge is 2.25. The van der Waals surface area contributed by atoms with Crippen molar-refractivity contribution in [3.05, 3.63) is 11.6 Å². The fourth-order valence-corrected chi connectivity index (χ4v) is 7.14. The lowest BCUT2D eigenvalue weighted by molar-refractivity contribution is 0.949. The van der Waals surface area contributed by atoms with Crippen LogP contribution in [0.15, 0.2) is 11.6 Å². The molecule has 0 aliphatic carbocycles. The molecule has 0 aromatic heterocycles. The van der Waals surface area contributed by atoms with E-state index in [1.807, 2.05) is 0 Å². The fraction of sp³-hybridized carbons (Fsp3) is 0.846. The minimum atomic E-state index is 0.774. The second-order valence-electron chi connectivity index (χ2n) is 4.82. The first-order valence-corrected chi connectivity index (χ1v) is 9.75. The molecule has 0 unspecified atom stereocenters. The van der Waals surface area contributed by atoms with Gasteiger partial charge < -0.3 is 0 Å². The lowest BCUT2D eigenvalue weighted by atomic mass is 10.3. The first kappa shape index (κ1) is 11.9. The van der Waals surface area contributed by atoms with Crippen LogP contribution in [0.3, 0.4) is 0 Å². The zero-order valence-corrected chi connectivity index (χ0v) is 11.6. The Kier molecular flexibility index (Phi) is 4.96. The quantitative estimate of drug-likeness (QED) is 0.527. The SMILES string of the molecule is C/C(=C\C[S+]1CCCC1)C[S+]1CCCC1. The van der Waals surface area contributed by atoms with Gasteiger partial charge in [0.1, 0.15) is 34.5 Å². The third-order valence-electron chi connectivity index (χ3n) is 3.33. The molecule has 2 rings (SSSR count). The highest BCUT2D eigenvalue weighted by Crippen LogP contribution is 2.18. The van der Waals surface area contributed by atoms with Crippen molar-refractivity contribution < 1.29 is 0 Å². The maximum Gasteiger partial charge on any atom is 0.129 e. The molecule has 2 heteroatoms. The van der Waals surface area contributed by atoms with E-state index in [1.165, 1.54) is 60.2 Å². The number of rotatable bonds is 4.